The molecule has 1 rings (SSSR count). The maximum absolute atomic E-state index is 5.94. The molecule has 1 saturated heterocycles. The van der Waals surface area contributed by atoms with Crippen molar-refractivity contribution in [1.29, 1.82) is 0 Å². The second-order valence-electron chi connectivity index (χ2n) is 5.17. The molecule has 0 radical (unpaired) electrons. The number of nitrogens with zero attached hydrogens (tertiary/aromatic N) is 1. The summed E-state index contributed by atoms with van der Waals surface area (Å²) in [6, 6.07) is 0.634. The van der Waals surface area contributed by atoms with Crippen LogP contribution in [0.1, 0.15) is 33.6 Å². The van der Waals surface area contributed by atoms with Gasteiger partial charge in [0.15, 0.2) is 0 Å². The maximum Gasteiger partial charge on any atom is 0.0480 e. The zero-order valence-electron chi connectivity index (χ0n) is 10.6. The van der Waals surface area contributed by atoms with Gasteiger partial charge in [-0.05, 0) is 32.7 Å². The third kappa shape index (κ3) is 2.71. The fourth-order valence-electron chi connectivity index (χ4n) is 2.28. The van der Waals surface area contributed by atoms with Gasteiger partial charge < -0.3 is 10.5 Å². The van der Waals surface area contributed by atoms with Crippen LogP contribution in [0.2, 0.25) is 0 Å². The van der Waals surface area contributed by atoms with Crippen LogP contribution >= 0.6 is 0 Å². The van der Waals surface area contributed by atoms with Gasteiger partial charge in [-0.15, -0.1) is 0 Å². The van der Waals surface area contributed by atoms with Crippen LogP contribution in [0.15, 0.2) is 0 Å². The molecule has 1 unspecified atom stereocenters. The summed E-state index contributed by atoms with van der Waals surface area (Å²) in [7, 11) is 2.21. The Labute approximate surface area is 94.0 Å². The van der Waals surface area contributed by atoms with E-state index >= 15 is 0 Å². The van der Waals surface area contributed by atoms with Crippen molar-refractivity contribution >= 4 is 0 Å². The lowest BCUT2D eigenvalue weighted by molar-refractivity contribution is -0.0120. The molecule has 2 N–H and O–H groups in total. The standard InChI is InChI=1S/C12H26N2O/c1-10(2)12(3,9-13)14(4)11-5-7-15-8-6-11/h10-11H,5-9,13H2,1-4H3. The van der Waals surface area contributed by atoms with Crippen molar-refractivity contribution in [3.8, 4) is 0 Å². The van der Waals surface area contributed by atoms with Crippen molar-refractivity contribution in [2.75, 3.05) is 26.8 Å². The molecule has 90 valence electrons. The summed E-state index contributed by atoms with van der Waals surface area (Å²) >= 11 is 0. The van der Waals surface area contributed by atoms with E-state index in [1.807, 2.05) is 0 Å². The molecule has 1 fully saturated rings. The van der Waals surface area contributed by atoms with E-state index in [4.69, 9.17) is 10.5 Å². The third-order valence-corrected chi connectivity index (χ3v) is 4.20. The van der Waals surface area contributed by atoms with Gasteiger partial charge in [0.05, 0.1) is 0 Å². The summed E-state index contributed by atoms with van der Waals surface area (Å²) in [5, 5.41) is 0. The van der Waals surface area contributed by atoms with Crippen LogP contribution in [0.5, 0.6) is 0 Å². The Morgan fingerprint density at radius 1 is 1.40 bits per heavy atom. The van der Waals surface area contributed by atoms with Crippen LogP contribution in [-0.2, 0) is 4.74 Å². The van der Waals surface area contributed by atoms with Gasteiger partial charge >= 0.3 is 0 Å². The normalized spacial score (nSPS) is 23.4. The molecule has 3 heteroatoms. The fraction of sp³-hybridized carbons (Fsp3) is 1.00. The van der Waals surface area contributed by atoms with Gasteiger partial charge in [0.25, 0.3) is 0 Å². The molecule has 0 aromatic carbocycles. The fourth-order valence-corrected chi connectivity index (χ4v) is 2.28. The van der Waals surface area contributed by atoms with E-state index in [-0.39, 0.29) is 5.54 Å². The van der Waals surface area contributed by atoms with Gasteiger partial charge in [-0.25, -0.2) is 0 Å². The van der Waals surface area contributed by atoms with Crippen molar-refractivity contribution in [3.63, 3.8) is 0 Å². The average Bonchev–Trinajstić information content (AvgIpc) is 2.28. The van der Waals surface area contributed by atoms with E-state index < -0.39 is 0 Å². The van der Waals surface area contributed by atoms with Gasteiger partial charge in [-0.1, -0.05) is 13.8 Å². The molecule has 1 heterocycles. The van der Waals surface area contributed by atoms with E-state index in [9.17, 15) is 0 Å². The van der Waals surface area contributed by atoms with Crippen molar-refractivity contribution in [1.82, 2.24) is 4.90 Å². The first-order valence-corrected chi connectivity index (χ1v) is 6.03. The van der Waals surface area contributed by atoms with Gasteiger partial charge in [-0.2, -0.15) is 0 Å². The Morgan fingerprint density at radius 2 is 1.93 bits per heavy atom. The van der Waals surface area contributed by atoms with Crippen molar-refractivity contribution in [2.45, 2.75) is 45.2 Å². The molecule has 0 bridgehead atoms. The van der Waals surface area contributed by atoms with Crippen LogP contribution in [0.4, 0.5) is 0 Å². The van der Waals surface area contributed by atoms with E-state index in [2.05, 4.69) is 32.7 Å². The lowest BCUT2D eigenvalue weighted by Gasteiger charge is -2.46. The van der Waals surface area contributed by atoms with Crippen LogP contribution in [0.3, 0.4) is 0 Å². The predicted molar refractivity (Wildman–Crippen MR) is 63.9 cm³/mol. The molecule has 1 aliphatic heterocycles. The maximum atomic E-state index is 5.94. The minimum atomic E-state index is 0.113. The zero-order chi connectivity index (χ0) is 11.5. The van der Waals surface area contributed by atoms with E-state index in [1.165, 1.54) is 0 Å². The SMILES string of the molecule is CC(C)C(C)(CN)N(C)C1CCOCC1. The van der Waals surface area contributed by atoms with Crippen LogP contribution in [0, 0.1) is 5.92 Å². The van der Waals surface area contributed by atoms with E-state index in [1.54, 1.807) is 0 Å². The highest BCUT2D eigenvalue weighted by atomic mass is 16.5. The molecule has 1 aliphatic rings. The highest BCUT2D eigenvalue weighted by molar-refractivity contribution is 4.92. The smallest absolute Gasteiger partial charge is 0.0480 e. The van der Waals surface area contributed by atoms with Gasteiger partial charge in [0.2, 0.25) is 0 Å². The number of nitrogens with two attached hydrogens (primary N) is 1. The second-order valence-corrected chi connectivity index (χ2v) is 5.17. The number of ether oxygens (including phenoxy) is 1. The number of likely N-dealkylation sites (N-methyl/N-ethyl adjacent to an activating group) is 1. The zero-order valence-corrected chi connectivity index (χ0v) is 10.6. The summed E-state index contributed by atoms with van der Waals surface area (Å²) in [4.78, 5) is 2.47. The first-order chi connectivity index (χ1) is 7.02. The summed E-state index contributed by atoms with van der Waals surface area (Å²) < 4.78 is 5.40. The minimum Gasteiger partial charge on any atom is -0.381 e. The van der Waals surface area contributed by atoms with Gasteiger partial charge in [0, 0.05) is 31.3 Å². The molecule has 0 aromatic rings. The lowest BCUT2D eigenvalue weighted by Crippen LogP contribution is -2.58. The van der Waals surface area contributed by atoms with Crippen LogP contribution in [0.25, 0.3) is 0 Å². The molecule has 0 saturated carbocycles. The van der Waals surface area contributed by atoms with Gasteiger partial charge in [-0.3, -0.25) is 4.90 Å². The predicted octanol–water partition coefficient (Wildman–Crippen LogP) is 1.47. The van der Waals surface area contributed by atoms with Crippen molar-refractivity contribution in [3.05, 3.63) is 0 Å². The molecule has 0 aliphatic carbocycles. The topological polar surface area (TPSA) is 38.5 Å². The molecular weight excluding hydrogens is 188 g/mol. The minimum absolute atomic E-state index is 0.113. The monoisotopic (exact) mass is 214 g/mol. The molecule has 1 atom stereocenters. The van der Waals surface area contributed by atoms with Crippen LogP contribution < -0.4 is 5.73 Å². The summed E-state index contributed by atoms with van der Waals surface area (Å²) in [5.74, 6) is 0.579. The summed E-state index contributed by atoms with van der Waals surface area (Å²) in [6.07, 6.45) is 2.28. The Balaban J connectivity index is 2.66. The lowest BCUT2D eigenvalue weighted by atomic mass is 9.85. The molecule has 15 heavy (non-hydrogen) atoms. The van der Waals surface area contributed by atoms with Crippen molar-refractivity contribution in [2.24, 2.45) is 11.7 Å². The summed E-state index contributed by atoms with van der Waals surface area (Å²) in [5.41, 5.74) is 6.06. The quantitative estimate of drug-likeness (QED) is 0.770. The first-order valence-electron chi connectivity index (χ1n) is 6.03. The molecule has 3 nitrogen and oxygen atoms in total. The Morgan fingerprint density at radius 3 is 2.33 bits per heavy atom. The molecule has 0 amide bonds. The Hall–Kier alpha value is -0.120. The van der Waals surface area contributed by atoms with E-state index in [0.29, 0.717) is 12.0 Å². The average molecular weight is 214 g/mol. The first kappa shape index (κ1) is 12.9. The molecular formula is C12H26N2O. The van der Waals surface area contributed by atoms with Crippen molar-refractivity contribution < 1.29 is 4.74 Å². The van der Waals surface area contributed by atoms with Crippen LogP contribution in [-0.4, -0.2) is 43.3 Å². The molecule has 0 spiro atoms. The Bertz CT molecular complexity index is 190. The third-order valence-electron chi connectivity index (χ3n) is 4.20. The highest BCUT2D eigenvalue weighted by Gasteiger charge is 2.35. The van der Waals surface area contributed by atoms with E-state index in [0.717, 1.165) is 32.6 Å². The summed E-state index contributed by atoms with van der Waals surface area (Å²) in [6.45, 7) is 9.29. The Kier molecular flexibility index (Phi) is 4.56. The second kappa shape index (κ2) is 5.28. The number of hydrogen-bond acceptors (Lipinski definition) is 3. The molecule has 0 aromatic heterocycles. The largest absolute Gasteiger partial charge is 0.381 e. The van der Waals surface area contributed by atoms with Gasteiger partial charge in [0.1, 0.15) is 0 Å². The highest BCUT2D eigenvalue weighted by Crippen LogP contribution is 2.27. The number of hydrogen-bond donors (Lipinski definition) is 1. The number of rotatable bonds is 4.